The third kappa shape index (κ3) is 6.07. The fourth-order valence-electron chi connectivity index (χ4n) is 1.64. The van der Waals surface area contributed by atoms with Gasteiger partial charge in [-0.3, -0.25) is 0 Å². The Morgan fingerprint density at radius 1 is 1.50 bits per heavy atom. The first-order valence-corrected chi connectivity index (χ1v) is 6.37. The van der Waals surface area contributed by atoms with E-state index in [1.165, 1.54) is 0 Å². The van der Waals surface area contributed by atoms with E-state index in [2.05, 4.69) is 17.8 Å². The van der Waals surface area contributed by atoms with Gasteiger partial charge in [-0.1, -0.05) is 36.4 Å². The number of terminal acetylenes is 1. The molecule has 0 saturated carbocycles. The first-order valence-electron chi connectivity index (χ1n) is 6.37. The Morgan fingerprint density at radius 2 is 2.20 bits per heavy atom. The number of alkyl carbamates (subject to hydrolysis) is 1. The average Bonchev–Trinajstić information content (AvgIpc) is 2.45. The van der Waals surface area contributed by atoms with E-state index in [-0.39, 0.29) is 19.1 Å². The molecule has 0 spiro atoms. The normalized spacial score (nSPS) is 12.8. The third-order valence-electron chi connectivity index (χ3n) is 2.68. The molecular formula is C16H19NO3. The topological polar surface area (TPSA) is 58.6 Å². The summed E-state index contributed by atoms with van der Waals surface area (Å²) in [5, 5.41) is 12.2. The summed E-state index contributed by atoms with van der Waals surface area (Å²) in [6.45, 7) is 3.81. The lowest BCUT2D eigenvalue weighted by atomic mass is 10.1. The summed E-state index contributed by atoms with van der Waals surface area (Å²) < 4.78 is 5.08. The van der Waals surface area contributed by atoms with Crippen LogP contribution in [0.1, 0.15) is 18.4 Å². The fraction of sp³-hybridized carbons (Fsp3) is 0.312. The van der Waals surface area contributed by atoms with E-state index in [1.54, 1.807) is 6.08 Å². The number of amides is 1. The number of carbonyl (C=O) groups is 1. The highest BCUT2D eigenvalue weighted by atomic mass is 16.5. The maximum Gasteiger partial charge on any atom is 0.407 e. The molecule has 1 amide bonds. The summed E-state index contributed by atoms with van der Waals surface area (Å²) in [6, 6.07) is 9.01. The monoisotopic (exact) mass is 273 g/mol. The molecule has 1 aromatic carbocycles. The summed E-state index contributed by atoms with van der Waals surface area (Å²) in [4.78, 5) is 11.6. The number of hydrogen-bond donors (Lipinski definition) is 2. The summed E-state index contributed by atoms with van der Waals surface area (Å²) in [5.74, 6) is 2.37. The van der Waals surface area contributed by atoms with Crippen LogP contribution in [0.2, 0.25) is 0 Å². The Hall–Kier alpha value is -2.25. The van der Waals surface area contributed by atoms with Crippen LogP contribution >= 0.6 is 0 Å². The molecule has 4 heteroatoms. The molecule has 4 nitrogen and oxygen atoms in total. The van der Waals surface area contributed by atoms with Crippen molar-refractivity contribution in [3.8, 4) is 12.3 Å². The van der Waals surface area contributed by atoms with Crippen molar-refractivity contribution in [2.75, 3.05) is 0 Å². The van der Waals surface area contributed by atoms with Crippen LogP contribution in [-0.4, -0.2) is 23.3 Å². The number of aliphatic hydroxyl groups excluding tert-OH is 1. The molecule has 1 rings (SSSR count). The molecular weight excluding hydrogens is 254 g/mol. The van der Waals surface area contributed by atoms with E-state index in [4.69, 9.17) is 11.2 Å². The van der Waals surface area contributed by atoms with Crippen molar-refractivity contribution < 1.29 is 14.6 Å². The summed E-state index contributed by atoms with van der Waals surface area (Å²) in [6.07, 6.45) is 5.99. The van der Waals surface area contributed by atoms with E-state index < -0.39 is 12.2 Å². The molecule has 0 aliphatic carbocycles. The van der Waals surface area contributed by atoms with E-state index in [9.17, 15) is 9.90 Å². The Bertz CT molecular complexity index is 464. The van der Waals surface area contributed by atoms with Gasteiger partial charge in [0, 0.05) is 6.42 Å². The number of aliphatic hydroxyl groups is 1. The van der Waals surface area contributed by atoms with E-state index in [0.29, 0.717) is 6.42 Å². The van der Waals surface area contributed by atoms with Gasteiger partial charge in [0.1, 0.15) is 6.61 Å². The van der Waals surface area contributed by atoms with Gasteiger partial charge in [0.2, 0.25) is 0 Å². The molecule has 106 valence electrons. The van der Waals surface area contributed by atoms with Crippen LogP contribution in [-0.2, 0) is 11.3 Å². The highest BCUT2D eigenvalue weighted by molar-refractivity contribution is 5.67. The lowest BCUT2D eigenvalue weighted by Gasteiger charge is -2.17. The fourth-order valence-corrected chi connectivity index (χ4v) is 1.64. The predicted molar refractivity (Wildman–Crippen MR) is 77.8 cm³/mol. The van der Waals surface area contributed by atoms with Gasteiger partial charge in [-0.2, -0.15) is 0 Å². The van der Waals surface area contributed by atoms with Crippen molar-refractivity contribution in [3.05, 3.63) is 48.6 Å². The Labute approximate surface area is 119 Å². The van der Waals surface area contributed by atoms with Gasteiger partial charge in [-0.25, -0.2) is 4.79 Å². The molecule has 0 aliphatic heterocycles. The van der Waals surface area contributed by atoms with Crippen LogP contribution in [0.25, 0.3) is 0 Å². The van der Waals surface area contributed by atoms with Crippen LogP contribution in [0.4, 0.5) is 4.79 Å². The molecule has 0 bridgehead atoms. The Balaban J connectivity index is 2.36. The predicted octanol–water partition coefficient (Wildman–Crippen LogP) is 2.24. The van der Waals surface area contributed by atoms with Crippen molar-refractivity contribution in [2.45, 2.75) is 31.6 Å². The summed E-state index contributed by atoms with van der Waals surface area (Å²) in [5.41, 5.74) is 0.908. The average molecular weight is 273 g/mol. The van der Waals surface area contributed by atoms with Crippen LogP contribution in [0.15, 0.2) is 43.0 Å². The molecule has 2 atom stereocenters. The maximum atomic E-state index is 11.6. The van der Waals surface area contributed by atoms with Crippen molar-refractivity contribution >= 4 is 6.09 Å². The molecule has 0 heterocycles. The van der Waals surface area contributed by atoms with Crippen molar-refractivity contribution in [1.82, 2.24) is 5.32 Å². The zero-order valence-electron chi connectivity index (χ0n) is 11.3. The second-order valence-corrected chi connectivity index (χ2v) is 4.35. The first kappa shape index (κ1) is 15.8. The van der Waals surface area contributed by atoms with Gasteiger partial charge in [0.15, 0.2) is 0 Å². The van der Waals surface area contributed by atoms with Gasteiger partial charge >= 0.3 is 6.09 Å². The number of carbonyl (C=O) groups excluding carboxylic acids is 1. The quantitative estimate of drug-likeness (QED) is 0.591. The van der Waals surface area contributed by atoms with Crippen molar-refractivity contribution in [1.29, 1.82) is 0 Å². The lowest BCUT2D eigenvalue weighted by molar-refractivity contribution is 0.128. The molecule has 0 aliphatic rings. The smallest absolute Gasteiger partial charge is 0.407 e. The number of nitrogens with one attached hydrogen (secondary N) is 1. The molecule has 1 unspecified atom stereocenters. The SMILES string of the molecule is C#CCC(O)C[C@@H](C=C)NC(=O)OCc1ccccc1. The first-order chi connectivity index (χ1) is 9.65. The van der Waals surface area contributed by atoms with E-state index in [1.807, 2.05) is 30.3 Å². The summed E-state index contributed by atoms with van der Waals surface area (Å²) in [7, 11) is 0. The molecule has 0 aromatic heterocycles. The van der Waals surface area contributed by atoms with Crippen LogP contribution in [0.5, 0.6) is 0 Å². The zero-order chi connectivity index (χ0) is 14.8. The Kier molecular flexibility index (Phi) is 6.94. The highest BCUT2D eigenvalue weighted by Gasteiger charge is 2.14. The van der Waals surface area contributed by atoms with Gasteiger partial charge in [-0.15, -0.1) is 18.9 Å². The van der Waals surface area contributed by atoms with Gasteiger partial charge < -0.3 is 15.2 Å². The molecule has 0 fully saturated rings. The van der Waals surface area contributed by atoms with Crippen molar-refractivity contribution in [2.24, 2.45) is 0 Å². The van der Waals surface area contributed by atoms with Crippen LogP contribution in [0.3, 0.4) is 0 Å². The van der Waals surface area contributed by atoms with Crippen LogP contribution in [0, 0.1) is 12.3 Å². The standard InChI is InChI=1S/C16H19NO3/c1-3-8-15(18)11-14(4-2)17-16(19)20-12-13-9-6-5-7-10-13/h1,4-7,9-10,14-15,18H,2,8,11-12H2,(H,17,19)/t14-,15?/m1/s1. The van der Waals surface area contributed by atoms with Gasteiger partial charge in [0.25, 0.3) is 0 Å². The minimum Gasteiger partial charge on any atom is -0.445 e. The third-order valence-corrected chi connectivity index (χ3v) is 2.68. The van der Waals surface area contributed by atoms with Crippen molar-refractivity contribution in [3.63, 3.8) is 0 Å². The minimum atomic E-state index is -0.669. The van der Waals surface area contributed by atoms with E-state index in [0.717, 1.165) is 5.56 Å². The minimum absolute atomic E-state index is 0.198. The molecule has 2 N–H and O–H groups in total. The largest absolute Gasteiger partial charge is 0.445 e. The number of hydrogen-bond acceptors (Lipinski definition) is 3. The lowest BCUT2D eigenvalue weighted by Crippen LogP contribution is -2.36. The number of rotatable bonds is 7. The van der Waals surface area contributed by atoms with Crippen LogP contribution < -0.4 is 5.32 Å². The molecule has 0 saturated heterocycles. The molecule has 20 heavy (non-hydrogen) atoms. The van der Waals surface area contributed by atoms with Gasteiger partial charge in [0.05, 0.1) is 12.1 Å². The second kappa shape index (κ2) is 8.78. The maximum absolute atomic E-state index is 11.6. The Morgan fingerprint density at radius 3 is 2.80 bits per heavy atom. The molecule has 1 aromatic rings. The zero-order valence-corrected chi connectivity index (χ0v) is 11.3. The number of ether oxygens (including phenoxy) is 1. The summed E-state index contributed by atoms with van der Waals surface area (Å²) >= 11 is 0. The highest BCUT2D eigenvalue weighted by Crippen LogP contribution is 2.05. The second-order valence-electron chi connectivity index (χ2n) is 4.35. The number of benzene rings is 1. The van der Waals surface area contributed by atoms with E-state index >= 15 is 0 Å². The van der Waals surface area contributed by atoms with Gasteiger partial charge in [-0.05, 0) is 12.0 Å². The molecule has 0 radical (unpaired) electrons.